The molecule has 0 saturated carbocycles. The first-order valence-corrected chi connectivity index (χ1v) is 10.5. The van der Waals surface area contributed by atoms with Gasteiger partial charge in [0.15, 0.2) is 5.82 Å². The first kappa shape index (κ1) is 20.6. The molecule has 1 saturated heterocycles. The zero-order valence-electron chi connectivity index (χ0n) is 18.3. The van der Waals surface area contributed by atoms with E-state index in [-0.39, 0.29) is 11.9 Å². The average Bonchev–Trinajstić information content (AvgIpc) is 2.73. The molecule has 1 unspecified atom stereocenters. The van der Waals surface area contributed by atoms with Crippen LogP contribution in [-0.2, 0) is 0 Å². The zero-order chi connectivity index (χ0) is 22.1. The average molecular weight is 415 g/mol. The zero-order valence-corrected chi connectivity index (χ0v) is 18.3. The number of nitriles is 1. The van der Waals surface area contributed by atoms with Gasteiger partial charge in [-0.1, -0.05) is 12.1 Å². The number of likely N-dealkylation sites (tertiary alicyclic amines) is 1. The largest absolute Gasteiger partial charge is 0.387 e. The van der Waals surface area contributed by atoms with Crippen molar-refractivity contribution in [3.63, 3.8) is 0 Å². The van der Waals surface area contributed by atoms with Gasteiger partial charge in [-0.3, -0.25) is 4.79 Å². The third-order valence-corrected chi connectivity index (χ3v) is 6.06. The third-order valence-electron chi connectivity index (χ3n) is 6.06. The van der Waals surface area contributed by atoms with E-state index in [1.54, 1.807) is 0 Å². The summed E-state index contributed by atoms with van der Waals surface area (Å²) < 4.78 is 0. The number of benzene rings is 2. The van der Waals surface area contributed by atoms with E-state index < -0.39 is 0 Å². The van der Waals surface area contributed by atoms with Gasteiger partial charge >= 0.3 is 0 Å². The highest BCUT2D eigenvalue weighted by atomic mass is 16.2. The number of anilines is 2. The molecule has 0 spiro atoms. The van der Waals surface area contributed by atoms with Gasteiger partial charge in [-0.05, 0) is 56.5 Å². The molecule has 1 aliphatic heterocycles. The van der Waals surface area contributed by atoms with Crippen LogP contribution in [0.1, 0.15) is 52.1 Å². The Morgan fingerprint density at radius 3 is 2.61 bits per heavy atom. The van der Waals surface area contributed by atoms with E-state index in [9.17, 15) is 10.1 Å². The van der Waals surface area contributed by atoms with Crippen molar-refractivity contribution in [2.75, 3.05) is 30.8 Å². The number of hydrogen-bond donors (Lipinski definition) is 2. The summed E-state index contributed by atoms with van der Waals surface area (Å²) in [7, 11) is 1.82. The number of carbonyl (C=O) groups is 1. The maximum atomic E-state index is 12.9. The van der Waals surface area contributed by atoms with Crippen molar-refractivity contribution in [2.45, 2.75) is 33.2 Å². The van der Waals surface area contributed by atoms with Crippen LogP contribution in [0.15, 0.2) is 30.3 Å². The van der Waals surface area contributed by atoms with E-state index in [2.05, 4.69) is 26.9 Å². The van der Waals surface area contributed by atoms with E-state index in [4.69, 9.17) is 0 Å². The van der Waals surface area contributed by atoms with Gasteiger partial charge in [0.25, 0.3) is 5.91 Å². The highest BCUT2D eigenvalue weighted by molar-refractivity contribution is 6.07. The fourth-order valence-electron chi connectivity index (χ4n) is 4.03. The summed E-state index contributed by atoms with van der Waals surface area (Å²) in [6, 6.07) is 11.8. The normalized spacial score (nSPS) is 14.0. The van der Waals surface area contributed by atoms with Gasteiger partial charge in [-0.2, -0.15) is 10.4 Å². The van der Waals surface area contributed by atoms with E-state index in [1.165, 1.54) is 0 Å². The van der Waals surface area contributed by atoms with Gasteiger partial charge in [-0.15, -0.1) is 5.10 Å². The molecule has 1 fully saturated rings. The third kappa shape index (κ3) is 3.66. The SMILES string of the molecule is CNc1cc2c(NC(C)c3cccc(C#N)c3C)nnc(C)c2cc1C(=O)N1CCC1. The van der Waals surface area contributed by atoms with Crippen molar-refractivity contribution < 1.29 is 4.79 Å². The summed E-state index contributed by atoms with van der Waals surface area (Å²) in [5.41, 5.74) is 4.85. The van der Waals surface area contributed by atoms with Crippen molar-refractivity contribution >= 4 is 28.2 Å². The topological polar surface area (TPSA) is 93.9 Å². The molecule has 158 valence electrons. The molecule has 3 aromatic rings. The lowest BCUT2D eigenvalue weighted by atomic mass is 9.97. The van der Waals surface area contributed by atoms with Crippen LogP contribution in [0, 0.1) is 25.2 Å². The number of amides is 1. The summed E-state index contributed by atoms with van der Waals surface area (Å²) in [5, 5.41) is 26.5. The number of rotatable bonds is 5. The maximum Gasteiger partial charge on any atom is 0.255 e. The van der Waals surface area contributed by atoms with E-state index in [1.807, 2.05) is 63.1 Å². The van der Waals surface area contributed by atoms with Gasteiger partial charge < -0.3 is 15.5 Å². The summed E-state index contributed by atoms with van der Waals surface area (Å²) in [5.74, 6) is 0.690. The quantitative estimate of drug-likeness (QED) is 0.650. The van der Waals surface area contributed by atoms with Gasteiger partial charge in [0.05, 0.1) is 28.9 Å². The molecule has 7 heteroatoms. The van der Waals surface area contributed by atoms with Gasteiger partial charge in [0, 0.05) is 36.6 Å². The molecular weight excluding hydrogens is 388 g/mol. The summed E-state index contributed by atoms with van der Waals surface area (Å²) in [6.07, 6.45) is 1.05. The Morgan fingerprint density at radius 1 is 1.19 bits per heavy atom. The molecule has 0 radical (unpaired) electrons. The van der Waals surface area contributed by atoms with Crippen LogP contribution in [0.2, 0.25) is 0 Å². The maximum absolute atomic E-state index is 12.9. The predicted molar refractivity (Wildman–Crippen MR) is 122 cm³/mol. The Morgan fingerprint density at radius 2 is 1.97 bits per heavy atom. The van der Waals surface area contributed by atoms with Crippen LogP contribution in [-0.4, -0.2) is 41.1 Å². The smallest absolute Gasteiger partial charge is 0.255 e. The highest BCUT2D eigenvalue weighted by Gasteiger charge is 2.25. The van der Waals surface area contributed by atoms with Crippen LogP contribution in [0.4, 0.5) is 11.5 Å². The second-order valence-electron chi connectivity index (χ2n) is 7.97. The fourth-order valence-corrected chi connectivity index (χ4v) is 4.03. The molecule has 2 heterocycles. The molecule has 1 aliphatic rings. The predicted octanol–water partition coefficient (Wildman–Crippen LogP) is 4.18. The first-order valence-electron chi connectivity index (χ1n) is 10.5. The molecule has 2 N–H and O–H groups in total. The number of aromatic nitrogens is 2. The summed E-state index contributed by atoms with van der Waals surface area (Å²) in [6.45, 7) is 7.51. The van der Waals surface area contributed by atoms with E-state index in [0.717, 1.165) is 52.8 Å². The second kappa shape index (κ2) is 8.23. The Labute approximate surface area is 182 Å². The first-order chi connectivity index (χ1) is 14.9. The lowest BCUT2D eigenvalue weighted by Gasteiger charge is -2.31. The highest BCUT2D eigenvalue weighted by Crippen LogP contribution is 2.33. The molecular formula is C24H26N6O. The van der Waals surface area contributed by atoms with Crippen molar-refractivity contribution in [3.8, 4) is 6.07 Å². The summed E-state index contributed by atoms with van der Waals surface area (Å²) in [4.78, 5) is 14.8. The van der Waals surface area contributed by atoms with E-state index >= 15 is 0 Å². The van der Waals surface area contributed by atoms with Crippen molar-refractivity contribution in [1.29, 1.82) is 5.26 Å². The molecule has 1 aromatic heterocycles. The van der Waals surface area contributed by atoms with Crippen molar-refractivity contribution in [1.82, 2.24) is 15.1 Å². The summed E-state index contributed by atoms with van der Waals surface area (Å²) >= 11 is 0. The standard InChI is InChI=1S/C24H26N6O/c1-14-17(13-25)7-5-8-18(14)15(2)27-23-20-12-22(26-4)21(24(31)30-9-6-10-30)11-19(20)16(3)28-29-23/h5,7-8,11-12,15,26H,6,9-10H2,1-4H3,(H,27,29). The number of hydrogen-bond acceptors (Lipinski definition) is 6. The van der Waals surface area contributed by atoms with Crippen LogP contribution in [0.5, 0.6) is 0 Å². The van der Waals surface area contributed by atoms with Crippen molar-refractivity contribution in [2.24, 2.45) is 0 Å². The van der Waals surface area contributed by atoms with Crippen LogP contribution in [0.3, 0.4) is 0 Å². The van der Waals surface area contributed by atoms with Crippen molar-refractivity contribution in [3.05, 3.63) is 58.3 Å². The molecule has 7 nitrogen and oxygen atoms in total. The van der Waals surface area contributed by atoms with Gasteiger partial charge in [0.1, 0.15) is 0 Å². The molecule has 1 atom stereocenters. The van der Waals surface area contributed by atoms with Gasteiger partial charge in [0.2, 0.25) is 0 Å². The molecule has 1 amide bonds. The second-order valence-corrected chi connectivity index (χ2v) is 7.97. The van der Waals surface area contributed by atoms with E-state index in [0.29, 0.717) is 16.9 Å². The Bertz CT molecular complexity index is 1210. The van der Waals surface area contributed by atoms with Crippen LogP contribution < -0.4 is 10.6 Å². The molecule has 31 heavy (non-hydrogen) atoms. The minimum atomic E-state index is -0.0751. The number of carbonyl (C=O) groups excluding carboxylic acids is 1. The van der Waals surface area contributed by atoms with Gasteiger partial charge in [-0.25, -0.2) is 0 Å². The molecule has 2 aromatic carbocycles. The monoisotopic (exact) mass is 414 g/mol. The molecule has 0 aliphatic carbocycles. The van der Waals surface area contributed by atoms with Crippen LogP contribution in [0.25, 0.3) is 10.8 Å². The molecule has 0 bridgehead atoms. The fraction of sp³-hybridized carbons (Fsp3) is 0.333. The minimum Gasteiger partial charge on any atom is -0.387 e. The number of aryl methyl sites for hydroxylation is 1. The minimum absolute atomic E-state index is 0.0422. The Hall–Kier alpha value is -3.66. The number of fused-ring (bicyclic) bond motifs is 1. The Balaban J connectivity index is 1.76. The molecule has 4 rings (SSSR count). The number of nitrogens with one attached hydrogen (secondary N) is 2. The lowest BCUT2D eigenvalue weighted by molar-refractivity contribution is 0.0653. The van der Waals surface area contributed by atoms with Crippen LogP contribution >= 0.6 is 0 Å². The number of nitrogens with zero attached hydrogens (tertiary/aromatic N) is 4. The Kier molecular flexibility index (Phi) is 5.47. The lowest BCUT2D eigenvalue weighted by Crippen LogP contribution is -2.42.